The smallest absolute Gasteiger partial charge is 0.228 e. The molecule has 0 saturated heterocycles. The lowest BCUT2D eigenvalue weighted by Crippen LogP contribution is -2.25. The van der Waals surface area contributed by atoms with Gasteiger partial charge >= 0.3 is 0 Å². The Balaban J connectivity index is 2.21. The van der Waals surface area contributed by atoms with Gasteiger partial charge in [-0.15, -0.1) is 0 Å². The quantitative estimate of drug-likeness (QED) is 0.846. The molecule has 2 aromatic rings. The van der Waals surface area contributed by atoms with E-state index in [2.05, 4.69) is 33.9 Å². The van der Waals surface area contributed by atoms with Crippen LogP contribution in [0.25, 0.3) is 0 Å². The van der Waals surface area contributed by atoms with E-state index in [9.17, 15) is 0 Å². The molecule has 0 saturated carbocycles. The SMILES string of the molecule is CCOc1ccnc(N(CC)Cc2ccccc2CN)n1. The van der Waals surface area contributed by atoms with E-state index < -0.39 is 0 Å². The third-order valence-corrected chi connectivity index (χ3v) is 3.27. The Morgan fingerprint density at radius 2 is 1.90 bits per heavy atom. The van der Waals surface area contributed by atoms with Crippen LogP contribution in [0.4, 0.5) is 5.95 Å². The molecule has 0 atom stereocenters. The van der Waals surface area contributed by atoms with Crippen molar-refractivity contribution in [2.24, 2.45) is 5.73 Å². The minimum absolute atomic E-state index is 0.535. The van der Waals surface area contributed by atoms with Gasteiger partial charge in [-0.2, -0.15) is 4.98 Å². The Morgan fingerprint density at radius 1 is 1.14 bits per heavy atom. The maximum atomic E-state index is 5.80. The second-order valence-electron chi connectivity index (χ2n) is 4.61. The molecule has 0 fully saturated rings. The molecule has 0 spiro atoms. The van der Waals surface area contributed by atoms with Gasteiger partial charge < -0.3 is 15.4 Å². The Labute approximate surface area is 125 Å². The molecule has 2 N–H and O–H groups in total. The average molecular weight is 286 g/mol. The van der Waals surface area contributed by atoms with Gasteiger partial charge in [-0.3, -0.25) is 0 Å². The van der Waals surface area contributed by atoms with Crippen molar-refractivity contribution in [3.63, 3.8) is 0 Å². The van der Waals surface area contributed by atoms with Crippen LogP contribution < -0.4 is 15.4 Å². The molecule has 2 rings (SSSR count). The fraction of sp³-hybridized carbons (Fsp3) is 0.375. The summed E-state index contributed by atoms with van der Waals surface area (Å²) in [5.41, 5.74) is 8.15. The van der Waals surface area contributed by atoms with Gasteiger partial charge in [-0.1, -0.05) is 24.3 Å². The lowest BCUT2D eigenvalue weighted by atomic mass is 10.1. The number of hydrogen-bond acceptors (Lipinski definition) is 5. The van der Waals surface area contributed by atoms with Crippen molar-refractivity contribution < 1.29 is 4.74 Å². The number of aromatic nitrogens is 2. The molecule has 1 heterocycles. The zero-order chi connectivity index (χ0) is 15.1. The Hall–Kier alpha value is -2.14. The van der Waals surface area contributed by atoms with Crippen LogP contribution in [0.15, 0.2) is 36.5 Å². The summed E-state index contributed by atoms with van der Waals surface area (Å²) >= 11 is 0. The molecule has 0 unspecified atom stereocenters. The van der Waals surface area contributed by atoms with Gasteiger partial charge in [-0.05, 0) is 25.0 Å². The largest absolute Gasteiger partial charge is 0.478 e. The first-order valence-electron chi connectivity index (χ1n) is 7.26. The highest BCUT2D eigenvalue weighted by molar-refractivity contribution is 5.36. The molecule has 0 aliphatic heterocycles. The highest BCUT2D eigenvalue weighted by atomic mass is 16.5. The van der Waals surface area contributed by atoms with Gasteiger partial charge in [0.2, 0.25) is 11.8 Å². The molecule has 0 bridgehead atoms. The molecular formula is C16H22N4O. The van der Waals surface area contributed by atoms with Gasteiger partial charge in [0.15, 0.2) is 0 Å². The fourth-order valence-corrected chi connectivity index (χ4v) is 2.15. The maximum absolute atomic E-state index is 5.80. The number of benzene rings is 1. The van der Waals surface area contributed by atoms with Gasteiger partial charge in [-0.25, -0.2) is 4.98 Å². The van der Waals surface area contributed by atoms with Gasteiger partial charge in [0.05, 0.1) is 6.61 Å². The van der Waals surface area contributed by atoms with Crippen LogP contribution in [0, 0.1) is 0 Å². The summed E-state index contributed by atoms with van der Waals surface area (Å²) in [5, 5.41) is 0. The molecule has 0 amide bonds. The molecule has 5 heteroatoms. The van der Waals surface area contributed by atoms with E-state index in [-0.39, 0.29) is 0 Å². The summed E-state index contributed by atoms with van der Waals surface area (Å²) in [6, 6.07) is 9.96. The number of nitrogens with two attached hydrogens (primary N) is 1. The topological polar surface area (TPSA) is 64.3 Å². The summed E-state index contributed by atoms with van der Waals surface area (Å²) in [5.74, 6) is 1.28. The minimum atomic E-state index is 0.535. The highest BCUT2D eigenvalue weighted by Crippen LogP contribution is 2.17. The summed E-state index contributed by atoms with van der Waals surface area (Å²) in [6.45, 7) is 6.71. The molecule has 1 aromatic carbocycles. The first-order valence-corrected chi connectivity index (χ1v) is 7.26. The van der Waals surface area contributed by atoms with Crippen LogP contribution in [0.5, 0.6) is 5.88 Å². The standard InChI is InChI=1S/C16H22N4O/c1-3-20(12-14-8-6-5-7-13(14)11-17)16-18-10-9-15(19-16)21-4-2/h5-10H,3-4,11-12,17H2,1-2H3. The highest BCUT2D eigenvalue weighted by Gasteiger charge is 2.11. The second kappa shape index (κ2) is 7.59. The van der Waals surface area contributed by atoms with E-state index in [1.807, 2.05) is 19.1 Å². The third kappa shape index (κ3) is 3.92. The van der Waals surface area contributed by atoms with E-state index in [0.717, 1.165) is 18.7 Å². The zero-order valence-electron chi connectivity index (χ0n) is 12.6. The monoisotopic (exact) mass is 286 g/mol. The van der Waals surface area contributed by atoms with Crippen LogP contribution in [0.1, 0.15) is 25.0 Å². The number of nitrogens with zero attached hydrogens (tertiary/aromatic N) is 3. The molecule has 0 aliphatic rings. The van der Waals surface area contributed by atoms with Crippen molar-refractivity contribution in [3.8, 4) is 5.88 Å². The van der Waals surface area contributed by atoms with E-state index in [1.54, 1.807) is 12.3 Å². The third-order valence-electron chi connectivity index (χ3n) is 3.27. The van der Waals surface area contributed by atoms with E-state index in [1.165, 1.54) is 5.56 Å². The minimum Gasteiger partial charge on any atom is -0.478 e. The first-order chi connectivity index (χ1) is 10.3. The maximum Gasteiger partial charge on any atom is 0.228 e. The fourth-order valence-electron chi connectivity index (χ4n) is 2.15. The zero-order valence-corrected chi connectivity index (χ0v) is 12.6. The molecule has 0 aliphatic carbocycles. The summed E-state index contributed by atoms with van der Waals surface area (Å²) < 4.78 is 5.44. The van der Waals surface area contributed by atoms with Crippen LogP contribution in [-0.2, 0) is 13.1 Å². The summed E-state index contributed by atoms with van der Waals surface area (Å²) in [4.78, 5) is 10.9. The van der Waals surface area contributed by atoms with E-state index >= 15 is 0 Å². The lowest BCUT2D eigenvalue weighted by molar-refractivity contribution is 0.326. The molecule has 1 aromatic heterocycles. The van der Waals surface area contributed by atoms with Crippen molar-refractivity contribution in [2.45, 2.75) is 26.9 Å². The number of anilines is 1. The Kier molecular flexibility index (Phi) is 5.51. The van der Waals surface area contributed by atoms with E-state index in [4.69, 9.17) is 10.5 Å². The van der Waals surface area contributed by atoms with Gasteiger partial charge in [0.25, 0.3) is 0 Å². The normalized spacial score (nSPS) is 10.4. The molecule has 5 nitrogen and oxygen atoms in total. The second-order valence-corrected chi connectivity index (χ2v) is 4.61. The van der Waals surface area contributed by atoms with Crippen LogP contribution in [0.3, 0.4) is 0 Å². The molecule has 112 valence electrons. The van der Waals surface area contributed by atoms with Crippen LogP contribution in [0.2, 0.25) is 0 Å². The first kappa shape index (κ1) is 15.3. The van der Waals surface area contributed by atoms with Crippen molar-refractivity contribution in [1.82, 2.24) is 9.97 Å². The predicted molar refractivity (Wildman–Crippen MR) is 84.3 cm³/mol. The van der Waals surface area contributed by atoms with Crippen molar-refractivity contribution in [2.75, 3.05) is 18.1 Å². The number of hydrogen-bond donors (Lipinski definition) is 1. The predicted octanol–water partition coefficient (Wildman–Crippen LogP) is 2.36. The average Bonchev–Trinajstić information content (AvgIpc) is 2.53. The summed E-state index contributed by atoms with van der Waals surface area (Å²) in [6.07, 6.45) is 1.73. The molecular weight excluding hydrogens is 264 g/mol. The van der Waals surface area contributed by atoms with Crippen LogP contribution >= 0.6 is 0 Å². The van der Waals surface area contributed by atoms with Crippen molar-refractivity contribution in [3.05, 3.63) is 47.7 Å². The lowest BCUT2D eigenvalue weighted by Gasteiger charge is -2.22. The number of rotatable bonds is 7. The van der Waals surface area contributed by atoms with Crippen molar-refractivity contribution >= 4 is 5.95 Å². The van der Waals surface area contributed by atoms with Gasteiger partial charge in [0, 0.05) is 31.9 Å². The van der Waals surface area contributed by atoms with E-state index in [0.29, 0.717) is 25.0 Å². The Morgan fingerprint density at radius 3 is 2.57 bits per heavy atom. The molecule has 21 heavy (non-hydrogen) atoms. The summed E-state index contributed by atoms with van der Waals surface area (Å²) in [7, 11) is 0. The Bertz CT molecular complexity index is 574. The number of ether oxygens (including phenoxy) is 1. The van der Waals surface area contributed by atoms with Gasteiger partial charge in [0.1, 0.15) is 0 Å². The van der Waals surface area contributed by atoms with Crippen molar-refractivity contribution in [1.29, 1.82) is 0 Å². The molecule has 0 radical (unpaired) electrons. The van der Waals surface area contributed by atoms with Crippen LogP contribution in [-0.4, -0.2) is 23.1 Å².